The fraction of sp³-hybridized carbons (Fsp3) is 0.625. The smallest absolute Gasteiger partial charge is 0.256 e. The zero-order valence-electron chi connectivity index (χ0n) is 13.4. The van der Waals surface area contributed by atoms with Gasteiger partial charge in [-0.25, -0.2) is 4.98 Å². The van der Waals surface area contributed by atoms with Gasteiger partial charge in [0.2, 0.25) is 0 Å². The number of hydrogen-bond donors (Lipinski definition) is 1. The van der Waals surface area contributed by atoms with Crippen LogP contribution < -0.4 is 5.73 Å². The van der Waals surface area contributed by atoms with Crippen LogP contribution in [0.3, 0.4) is 0 Å². The first-order valence-corrected chi connectivity index (χ1v) is 7.89. The minimum absolute atomic E-state index is 0.0573. The summed E-state index contributed by atoms with van der Waals surface area (Å²) in [4.78, 5) is 18.5. The first-order chi connectivity index (χ1) is 9.81. The molecule has 2 N–H and O–H groups in total. The van der Waals surface area contributed by atoms with Crippen LogP contribution in [0.15, 0.2) is 12.3 Å². The minimum atomic E-state index is -0.0573. The summed E-state index contributed by atoms with van der Waals surface area (Å²) in [7, 11) is 0. The highest BCUT2D eigenvalue weighted by Crippen LogP contribution is 2.18. The number of nitrogens with two attached hydrogens (primary N) is 1. The molecule has 0 unspecified atom stereocenters. The van der Waals surface area contributed by atoms with Gasteiger partial charge in [-0.3, -0.25) is 4.79 Å². The number of pyridine rings is 1. The molecule has 0 aliphatic carbocycles. The highest BCUT2D eigenvalue weighted by atomic mass is 35.5. The predicted octanol–water partition coefficient (Wildman–Crippen LogP) is 3.85. The molecule has 0 aliphatic heterocycles. The van der Waals surface area contributed by atoms with Crippen LogP contribution in [0.2, 0.25) is 5.15 Å². The summed E-state index contributed by atoms with van der Waals surface area (Å²) in [6.07, 6.45) is 3.39. The van der Waals surface area contributed by atoms with Crippen molar-refractivity contribution in [1.29, 1.82) is 0 Å². The third-order valence-corrected chi connectivity index (χ3v) is 3.58. The van der Waals surface area contributed by atoms with Crippen molar-refractivity contribution in [3.63, 3.8) is 0 Å². The van der Waals surface area contributed by atoms with Crippen LogP contribution in [0.25, 0.3) is 0 Å². The molecule has 1 heterocycles. The van der Waals surface area contributed by atoms with Gasteiger partial charge in [-0.2, -0.15) is 0 Å². The van der Waals surface area contributed by atoms with Gasteiger partial charge >= 0.3 is 0 Å². The lowest BCUT2D eigenvalue weighted by atomic mass is 10.1. The van der Waals surface area contributed by atoms with E-state index in [9.17, 15) is 4.79 Å². The van der Waals surface area contributed by atoms with Crippen LogP contribution in [0.4, 0.5) is 5.69 Å². The summed E-state index contributed by atoms with van der Waals surface area (Å²) < 4.78 is 0. The van der Waals surface area contributed by atoms with Gasteiger partial charge in [-0.15, -0.1) is 0 Å². The van der Waals surface area contributed by atoms with Crippen molar-refractivity contribution in [2.45, 2.75) is 40.5 Å². The Kier molecular flexibility index (Phi) is 6.96. The van der Waals surface area contributed by atoms with E-state index in [0.717, 1.165) is 25.9 Å². The van der Waals surface area contributed by atoms with Gasteiger partial charge in [-0.05, 0) is 30.7 Å². The molecule has 0 fully saturated rings. The van der Waals surface area contributed by atoms with E-state index in [2.05, 4.69) is 32.7 Å². The molecule has 1 aromatic rings. The third-order valence-electron chi connectivity index (χ3n) is 3.37. The standard InChI is InChI=1S/C16H26ClN3O/c1-11(2)5-7-20(8-6-12(3)4)16(21)13-9-15(17)19-10-14(13)18/h9-12H,5-8,18H2,1-4H3. The lowest BCUT2D eigenvalue weighted by molar-refractivity contribution is 0.0742. The van der Waals surface area contributed by atoms with E-state index < -0.39 is 0 Å². The van der Waals surface area contributed by atoms with E-state index in [1.165, 1.54) is 6.20 Å². The first kappa shape index (κ1) is 17.8. The zero-order valence-corrected chi connectivity index (χ0v) is 14.2. The van der Waals surface area contributed by atoms with Crippen molar-refractivity contribution < 1.29 is 4.79 Å². The fourth-order valence-electron chi connectivity index (χ4n) is 1.94. The van der Waals surface area contributed by atoms with E-state index in [0.29, 0.717) is 28.2 Å². The fourth-order valence-corrected chi connectivity index (χ4v) is 2.10. The Hall–Kier alpha value is -1.29. The van der Waals surface area contributed by atoms with Gasteiger partial charge < -0.3 is 10.6 Å². The lowest BCUT2D eigenvalue weighted by Crippen LogP contribution is -2.34. The number of hydrogen-bond acceptors (Lipinski definition) is 3. The maximum Gasteiger partial charge on any atom is 0.256 e. The van der Waals surface area contributed by atoms with Crippen LogP contribution in [0, 0.1) is 11.8 Å². The van der Waals surface area contributed by atoms with Crippen LogP contribution in [-0.2, 0) is 0 Å². The van der Waals surface area contributed by atoms with E-state index in [1.807, 2.05) is 4.90 Å². The van der Waals surface area contributed by atoms with Crippen LogP contribution in [-0.4, -0.2) is 28.9 Å². The molecular weight excluding hydrogens is 286 g/mol. The monoisotopic (exact) mass is 311 g/mol. The number of anilines is 1. The van der Waals surface area contributed by atoms with E-state index in [1.54, 1.807) is 6.07 Å². The second-order valence-electron chi connectivity index (χ2n) is 6.25. The molecule has 0 bridgehead atoms. The zero-order chi connectivity index (χ0) is 16.0. The molecule has 1 aromatic heterocycles. The van der Waals surface area contributed by atoms with Gasteiger partial charge in [0, 0.05) is 13.1 Å². The highest BCUT2D eigenvalue weighted by Gasteiger charge is 2.19. The van der Waals surface area contributed by atoms with Gasteiger partial charge in [0.25, 0.3) is 5.91 Å². The average Bonchev–Trinajstić information content (AvgIpc) is 2.40. The molecule has 1 amide bonds. The Morgan fingerprint density at radius 1 is 1.24 bits per heavy atom. The number of nitrogen functional groups attached to an aromatic ring is 1. The molecule has 5 heteroatoms. The molecule has 0 spiro atoms. The van der Waals surface area contributed by atoms with E-state index in [4.69, 9.17) is 17.3 Å². The number of nitrogens with zero attached hydrogens (tertiary/aromatic N) is 2. The Bertz CT molecular complexity index is 463. The van der Waals surface area contributed by atoms with Crippen LogP contribution >= 0.6 is 11.6 Å². The van der Waals surface area contributed by atoms with Gasteiger partial charge in [0.15, 0.2) is 0 Å². The number of amides is 1. The summed E-state index contributed by atoms with van der Waals surface area (Å²) in [6, 6.07) is 1.55. The molecule has 118 valence electrons. The summed E-state index contributed by atoms with van der Waals surface area (Å²) in [6.45, 7) is 10.1. The number of carbonyl (C=O) groups excluding carboxylic acids is 1. The molecule has 21 heavy (non-hydrogen) atoms. The second-order valence-corrected chi connectivity index (χ2v) is 6.64. The molecule has 1 rings (SSSR count). The Labute approximate surface area is 132 Å². The molecule has 0 atom stereocenters. The first-order valence-electron chi connectivity index (χ1n) is 7.51. The second kappa shape index (κ2) is 8.23. The molecule has 0 aromatic carbocycles. The summed E-state index contributed by atoms with van der Waals surface area (Å²) in [5.41, 5.74) is 6.70. The topological polar surface area (TPSA) is 59.2 Å². The quantitative estimate of drug-likeness (QED) is 0.778. The maximum absolute atomic E-state index is 12.7. The molecule has 0 saturated heterocycles. The average molecular weight is 312 g/mol. The third kappa shape index (κ3) is 5.92. The number of rotatable bonds is 7. The van der Waals surface area contributed by atoms with Crippen molar-refractivity contribution in [1.82, 2.24) is 9.88 Å². The SMILES string of the molecule is CC(C)CCN(CCC(C)C)C(=O)c1cc(Cl)ncc1N. The van der Waals surface area contributed by atoms with Crippen LogP contribution in [0.1, 0.15) is 50.9 Å². The largest absolute Gasteiger partial charge is 0.397 e. The normalized spacial score (nSPS) is 11.2. The van der Waals surface area contributed by atoms with Gasteiger partial charge in [0.1, 0.15) is 5.15 Å². The van der Waals surface area contributed by atoms with Crippen molar-refractivity contribution in [3.8, 4) is 0 Å². The van der Waals surface area contributed by atoms with Crippen molar-refractivity contribution in [2.24, 2.45) is 11.8 Å². The molecular formula is C16H26ClN3O. The molecule has 4 nitrogen and oxygen atoms in total. The summed E-state index contributed by atoms with van der Waals surface area (Å²) in [5, 5.41) is 0.292. The lowest BCUT2D eigenvalue weighted by Gasteiger charge is -2.25. The van der Waals surface area contributed by atoms with Crippen molar-refractivity contribution >= 4 is 23.2 Å². The molecule has 0 saturated carbocycles. The maximum atomic E-state index is 12.7. The van der Waals surface area contributed by atoms with Crippen LogP contribution in [0.5, 0.6) is 0 Å². The minimum Gasteiger partial charge on any atom is -0.397 e. The van der Waals surface area contributed by atoms with Gasteiger partial charge in [0.05, 0.1) is 17.4 Å². The van der Waals surface area contributed by atoms with Crippen molar-refractivity contribution in [2.75, 3.05) is 18.8 Å². The Morgan fingerprint density at radius 2 is 1.76 bits per heavy atom. The summed E-state index contributed by atoms with van der Waals surface area (Å²) >= 11 is 5.88. The predicted molar refractivity (Wildman–Crippen MR) is 88.5 cm³/mol. The number of halogens is 1. The Balaban J connectivity index is 2.89. The summed E-state index contributed by atoms with van der Waals surface area (Å²) in [5.74, 6) is 1.05. The number of carbonyl (C=O) groups is 1. The van der Waals surface area contributed by atoms with E-state index >= 15 is 0 Å². The Morgan fingerprint density at radius 3 is 2.24 bits per heavy atom. The number of aromatic nitrogens is 1. The molecule has 0 radical (unpaired) electrons. The van der Waals surface area contributed by atoms with Crippen molar-refractivity contribution in [3.05, 3.63) is 23.0 Å². The van der Waals surface area contributed by atoms with E-state index in [-0.39, 0.29) is 5.91 Å². The molecule has 0 aliphatic rings. The van der Waals surface area contributed by atoms with Gasteiger partial charge in [-0.1, -0.05) is 39.3 Å². The highest BCUT2D eigenvalue weighted by molar-refractivity contribution is 6.29.